The van der Waals surface area contributed by atoms with Gasteiger partial charge in [0.25, 0.3) is 5.91 Å². The fraction of sp³-hybridized carbons (Fsp3) is 0.273. The van der Waals surface area contributed by atoms with Gasteiger partial charge in [-0.2, -0.15) is 0 Å². The Bertz CT molecular complexity index is 532. The fourth-order valence-electron chi connectivity index (χ4n) is 1.48. The Morgan fingerprint density at radius 1 is 1.16 bits per heavy atom. The molecule has 6 nitrogen and oxygen atoms in total. The highest BCUT2D eigenvalue weighted by molar-refractivity contribution is 6.00. The summed E-state index contributed by atoms with van der Waals surface area (Å²) in [6.45, 7) is 0. The van der Waals surface area contributed by atoms with Gasteiger partial charge in [-0.05, 0) is 18.9 Å². The Balaban J connectivity index is 2.22. The van der Waals surface area contributed by atoms with Crippen molar-refractivity contribution in [3.8, 4) is 0 Å². The van der Waals surface area contributed by atoms with E-state index >= 15 is 0 Å². The van der Waals surface area contributed by atoms with E-state index in [1.54, 1.807) is 5.43 Å². The number of amides is 2. The van der Waals surface area contributed by atoms with Crippen LogP contribution >= 0.6 is 0 Å². The van der Waals surface area contributed by atoms with Crippen LogP contribution < -0.4 is 16.2 Å². The Hall–Kier alpha value is -2.38. The fourth-order valence-corrected chi connectivity index (χ4v) is 1.48. The highest BCUT2D eigenvalue weighted by atomic mass is 19.2. The zero-order valence-corrected chi connectivity index (χ0v) is 9.67. The largest absolute Gasteiger partial charge is 0.464 e. The van der Waals surface area contributed by atoms with Gasteiger partial charge in [0.15, 0.2) is 11.6 Å². The third-order valence-corrected chi connectivity index (χ3v) is 2.53. The number of hydrazine groups is 1. The van der Waals surface area contributed by atoms with Crippen LogP contribution in [0.4, 0.5) is 19.3 Å². The summed E-state index contributed by atoms with van der Waals surface area (Å²) >= 11 is 0. The van der Waals surface area contributed by atoms with Gasteiger partial charge in [-0.25, -0.2) is 19.0 Å². The minimum absolute atomic E-state index is 0.129. The zero-order chi connectivity index (χ0) is 14.0. The molecule has 0 radical (unpaired) electrons. The maximum atomic E-state index is 13.2. The van der Waals surface area contributed by atoms with Gasteiger partial charge in [0.2, 0.25) is 0 Å². The van der Waals surface area contributed by atoms with Gasteiger partial charge < -0.3 is 10.4 Å². The molecular weight excluding hydrogens is 260 g/mol. The lowest BCUT2D eigenvalue weighted by molar-refractivity contribution is 0.0927. The summed E-state index contributed by atoms with van der Waals surface area (Å²) in [5, 5.41) is 11.2. The van der Waals surface area contributed by atoms with Crippen LogP contribution in [0.5, 0.6) is 0 Å². The predicted octanol–water partition coefficient (Wildman–Crippen LogP) is 1.45. The smallest absolute Gasteiger partial charge is 0.423 e. The number of carbonyl (C=O) groups excluding carboxylic acids is 1. The second-order valence-corrected chi connectivity index (χ2v) is 4.11. The van der Waals surface area contributed by atoms with Crippen molar-refractivity contribution in [3.63, 3.8) is 0 Å². The predicted molar refractivity (Wildman–Crippen MR) is 61.6 cm³/mol. The average Bonchev–Trinajstić information content (AvgIpc) is 3.14. The normalized spacial score (nSPS) is 13.8. The van der Waals surface area contributed by atoms with E-state index in [4.69, 9.17) is 5.11 Å². The first-order chi connectivity index (χ1) is 8.97. The lowest BCUT2D eigenvalue weighted by Crippen LogP contribution is -2.41. The summed E-state index contributed by atoms with van der Waals surface area (Å²) in [5.74, 6) is -3.13. The van der Waals surface area contributed by atoms with Crippen molar-refractivity contribution in [2.75, 3.05) is 5.32 Å². The first-order valence-corrected chi connectivity index (χ1v) is 5.52. The third-order valence-electron chi connectivity index (χ3n) is 2.53. The molecule has 1 aromatic carbocycles. The van der Waals surface area contributed by atoms with Crippen LogP contribution in [-0.4, -0.2) is 23.1 Å². The highest BCUT2D eigenvalue weighted by Crippen LogP contribution is 2.28. The van der Waals surface area contributed by atoms with Gasteiger partial charge in [-0.3, -0.25) is 10.2 Å². The molecule has 0 bridgehead atoms. The van der Waals surface area contributed by atoms with E-state index in [-0.39, 0.29) is 17.3 Å². The van der Waals surface area contributed by atoms with Crippen LogP contribution in [0.2, 0.25) is 0 Å². The Kier molecular flexibility index (Phi) is 3.50. The van der Waals surface area contributed by atoms with Crippen LogP contribution in [0, 0.1) is 11.6 Å². The second-order valence-electron chi connectivity index (χ2n) is 4.11. The summed E-state index contributed by atoms with van der Waals surface area (Å²) in [4.78, 5) is 21.9. The Morgan fingerprint density at radius 3 is 2.37 bits per heavy atom. The molecule has 1 aromatic rings. The quantitative estimate of drug-likeness (QED) is 0.626. The van der Waals surface area contributed by atoms with Crippen LogP contribution in [-0.2, 0) is 0 Å². The summed E-state index contributed by atoms with van der Waals surface area (Å²) < 4.78 is 26.3. The molecular formula is C11H11F2N3O3. The molecule has 0 spiro atoms. The highest BCUT2D eigenvalue weighted by Gasteiger charge is 2.24. The molecule has 0 aromatic heterocycles. The van der Waals surface area contributed by atoms with Crippen LogP contribution in [0.15, 0.2) is 12.1 Å². The molecule has 1 aliphatic rings. The van der Waals surface area contributed by atoms with Crippen LogP contribution in [0.25, 0.3) is 0 Å². The lowest BCUT2D eigenvalue weighted by Gasteiger charge is -2.12. The Labute approximate surface area is 106 Å². The maximum Gasteiger partial charge on any atom is 0.423 e. The zero-order valence-electron chi connectivity index (χ0n) is 9.67. The van der Waals surface area contributed by atoms with Gasteiger partial charge in [-0.1, -0.05) is 0 Å². The molecule has 8 heteroatoms. The SMILES string of the molecule is O=C(O)NNC(=O)c1cc(F)c(F)cc1NC1CC1. The monoisotopic (exact) mass is 271 g/mol. The lowest BCUT2D eigenvalue weighted by atomic mass is 10.1. The van der Waals surface area contributed by atoms with E-state index in [0.717, 1.165) is 25.0 Å². The summed E-state index contributed by atoms with van der Waals surface area (Å²) in [6.07, 6.45) is 0.300. The molecule has 0 atom stereocenters. The molecule has 2 rings (SSSR count). The number of hydrogen-bond acceptors (Lipinski definition) is 3. The van der Waals surface area contributed by atoms with E-state index in [9.17, 15) is 18.4 Å². The van der Waals surface area contributed by atoms with Crippen molar-refractivity contribution in [1.29, 1.82) is 0 Å². The molecule has 102 valence electrons. The molecule has 2 amide bonds. The first-order valence-electron chi connectivity index (χ1n) is 5.52. The van der Waals surface area contributed by atoms with Crippen molar-refractivity contribution in [1.82, 2.24) is 10.9 Å². The molecule has 0 aliphatic heterocycles. The van der Waals surface area contributed by atoms with Gasteiger partial charge in [-0.15, -0.1) is 0 Å². The number of carboxylic acid groups (broad SMARTS) is 1. The van der Waals surface area contributed by atoms with Crippen LogP contribution in [0.3, 0.4) is 0 Å². The van der Waals surface area contributed by atoms with E-state index < -0.39 is 23.6 Å². The van der Waals surface area contributed by atoms with Crippen molar-refractivity contribution < 1.29 is 23.5 Å². The van der Waals surface area contributed by atoms with Gasteiger partial charge in [0.1, 0.15) is 0 Å². The van der Waals surface area contributed by atoms with Crippen molar-refractivity contribution >= 4 is 17.7 Å². The summed E-state index contributed by atoms with van der Waals surface area (Å²) in [5.41, 5.74) is 3.47. The molecule has 0 heterocycles. The second kappa shape index (κ2) is 5.09. The third kappa shape index (κ3) is 3.30. The number of anilines is 1. The topological polar surface area (TPSA) is 90.5 Å². The number of halogens is 2. The summed E-state index contributed by atoms with van der Waals surface area (Å²) in [6, 6.07) is 1.73. The average molecular weight is 271 g/mol. The van der Waals surface area contributed by atoms with Gasteiger partial charge >= 0.3 is 6.09 Å². The standard InChI is InChI=1S/C11H11F2N3O3/c12-7-3-6(10(17)15-16-11(18)19)9(4-8(7)13)14-5-1-2-5/h3-5,14,16H,1-2H2,(H,15,17)(H,18,19). The molecule has 4 N–H and O–H groups in total. The Morgan fingerprint density at radius 2 is 1.79 bits per heavy atom. The van der Waals surface area contributed by atoms with Gasteiger partial charge in [0, 0.05) is 12.1 Å². The molecule has 1 aliphatic carbocycles. The molecule has 19 heavy (non-hydrogen) atoms. The van der Waals surface area contributed by atoms with E-state index in [2.05, 4.69) is 5.32 Å². The molecule has 1 fully saturated rings. The van der Waals surface area contributed by atoms with E-state index in [0.29, 0.717) is 0 Å². The van der Waals surface area contributed by atoms with Crippen molar-refractivity contribution in [2.24, 2.45) is 0 Å². The molecule has 1 saturated carbocycles. The van der Waals surface area contributed by atoms with E-state index in [1.807, 2.05) is 5.43 Å². The maximum absolute atomic E-state index is 13.2. The van der Waals surface area contributed by atoms with Crippen LogP contribution in [0.1, 0.15) is 23.2 Å². The number of nitrogens with one attached hydrogen (secondary N) is 3. The van der Waals surface area contributed by atoms with E-state index in [1.165, 1.54) is 0 Å². The number of rotatable bonds is 3. The number of carbonyl (C=O) groups is 2. The van der Waals surface area contributed by atoms with Crippen molar-refractivity contribution in [2.45, 2.75) is 18.9 Å². The number of hydrogen-bond donors (Lipinski definition) is 4. The molecule has 0 saturated heterocycles. The minimum atomic E-state index is -1.47. The number of benzene rings is 1. The first kappa shape index (κ1) is 13.1. The molecule has 0 unspecified atom stereocenters. The summed E-state index contributed by atoms with van der Waals surface area (Å²) in [7, 11) is 0. The van der Waals surface area contributed by atoms with Gasteiger partial charge in [0.05, 0.1) is 11.3 Å². The minimum Gasteiger partial charge on any atom is -0.464 e. The van der Waals surface area contributed by atoms with Crippen molar-refractivity contribution in [3.05, 3.63) is 29.3 Å².